The van der Waals surface area contributed by atoms with Crippen molar-refractivity contribution in [2.24, 2.45) is 0 Å². The molecule has 0 amide bonds. The highest BCUT2D eigenvalue weighted by Gasteiger charge is 1.95. The standard InChI is InChI=1S/C7H9NO/c1-3-6-4-5-8-7(6)9-2/h3-5,8H,1H2,2H3. The van der Waals surface area contributed by atoms with E-state index in [-0.39, 0.29) is 0 Å². The summed E-state index contributed by atoms with van der Waals surface area (Å²) in [6, 6.07) is 1.91. The Morgan fingerprint density at radius 2 is 2.56 bits per heavy atom. The maximum absolute atomic E-state index is 4.95. The van der Waals surface area contributed by atoms with Crippen LogP contribution in [0.1, 0.15) is 5.56 Å². The fourth-order valence-corrected chi connectivity index (χ4v) is 0.704. The molecule has 0 spiro atoms. The Hall–Kier alpha value is -1.18. The molecule has 0 bridgehead atoms. The first-order chi connectivity index (χ1) is 4.38. The Labute approximate surface area is 54.2 Å². The van der Waals surface area contributed by atoms with Gasteiger partial charge in [-0.1, -0.05) is 12.7 Å². The summed E-state index contributed by atoms with van der Waals surface area (Å²) >= 11 is 0. The lowest BCUT2D eigenvalue weighted by molar-refractivity contribution is 0.399. The van der Waals surface area contributed by atoms with E-state index in [0.29, 0.717) is 0 Å². The van der Waals surface area contributed by atoms with Crippen LogP contribution in [0, 0.1) is 0 Å². The van der Waals surface area contributed by atoms with E-state index in [1.54, 1.807) is 13.2 Å². The number of rotatable bonds is 2. The van der Waals surface area contributed by atoms with E-state index in [0.717, 1.165) is 11.4 Å². The van der Waals surface area contributed by atoms with E-state index in [9.17, 15) is 0 Å². The molecule has 0 aromatic carbocycles. The minimum atomic E-state index is 0.769. The van der Waals surface area contributed by atoms with Crippen LogP contribution in [-0.2, 0) is 0 Å². The molecule has 1 N–H and O–H groups in total. The van der Waals surface area contributed by atoms with Gasteiger partial charge in [-0.3, -0.25) is 0 Å². The number of H-pyrrole nitrogens is 1. The molecule has 0 fully saturated rings. The molecule has 48 valence electrons. The van der Waals surface area contributed by atoms with Crippen molar-refractivity contribution in [2.45, 2.75) is 0 Å². The number of aromatic nitrogens is 1. The normalized spacial score (nSPS) is 9.00. The molecular formula is C7H9NO. The molecule has 2 heteroatoms. The van der Waals surface area contributed by atoms with Crippen molar-refractivity contribution in [1.29, 1.82) is 0 Å². The highest BCUT2D eigenvalue weighted by Crippen LogP contribution is 2.14. The number of hydrogen-bond acceptors (Lipinski definition) is 1. The Morgan fingerprint density at radius 3 is 3.00 bits per heavy atom. The molecule has 0 atom stereocenters. The predicted octanol–water partition coefficient (Wildman–Crippen LogP) is 1.67. The second kappa shape index (κ2) is 2.40. The topological polar surface area (TPSA) is 25.0 Å². The maximum atomic E-state index is 4.95. The van der Waals surface area contributed by atoms with Crippen molar-refractivity contribution in [3.05, 3.63) is 24.4 Å². The van der Waals surface area contributed by atoms with Gasteiger partial charge in [0, 0.05) is 11.8 Å². The Bertz CT molecular complexity index is 202. The summed E-state index contributed by atoms with van der Waals surface area (Å²) in [6.45, 7) is 3.61. The molecule has 9 heavy (non-hydrogen) atoms. The quantitative estimate of drug-likeness (QED) is 0.635. The van der Waals surface area contributed by atoms with Gasteiger partial charge in [-0.05, 0) is 6.07 Å². The summed E-state index contributed by atoms with van der Waals surface area (Å²) in [4.78, 5) is 2.91. The molecule has 0 aliphatic rings. The van der Waals surface area contributed by atoms with Gasteiger partial charge in [0.05, 0.1) is 7.11 Å². The van der Waals surface area contributed by atoms with Gasteiger partial charge in [-0.15, -0.1) is 0 Å². The molecule has 1 aromatic heterocycles. The SMILES string of the molecule is C=Cc1cc[nH]c1OC. The number of hydrogen-bond donors (Lipinski definition) is 1. The van der Waals surface area contributed by atoms with Gasteiger partial charge in [0.15, 0.2) is 5.88 Å². The van der Waals surface area contributed by atoms with Gasteiger partial charge >= 0.3 is 0 Å². The summed E-state index contributed by atoms with van der Waals surface area (Å²) in [5, 5.41) is 0. The lowest BCUT2D eigenvalue weighted by Gasteiger charge is -1.94. The molecule has 0 saturated heterocycles. The minimum absolute atomic E-state index is 0.769. The van der Waals surface area contributed by atoms with Crippen molar-refractivity contribution in [3.63, 3.8) is 0 Å². The zero-order valence-electron chi connectivity index (χ0n) is 5.35. The fourth-order valence-electron chi connectivity index (χ4n) is 0.704. The molecule has 0 aliphatic heterocycles. The van der Waals surface area contributed by atoms with E-state index in [2.05, 4.69) is 11.6 Å². The molecule has 0 aliphatic carbocycles. The van der Waals surface area contributed by atoms with Gasteiger partial charge in [-0.25, -0.2) is 0 Å². The van der Waals surface area contributed by atoms with Crippen LogP contribution in [0.3, 0.4) is 0 Å². The zero-order valence-corrected chi connectivity index (χ0v) is 5.35. The first kappa shape index (κ1) is 5.95. The average Bonchev–Trinajstić information content (AvgIpc) is 2.33. The fraction of sp³-hybridized carbons (Fsp3) is 0.143. The van der Waals surface area contributed by atoms with Crippen LogP contribution in [0.5, 0.6) is 5.88 Å². The minimum Gasteiger partial charge on any atom is -0.482 e. The summed E-state index contributed by atoms with van der Waals surface area (Å²) < 4.78 is 4.95. The van der Waals surface area contributed by atoms with Gasteiger partial charge in [-0.2, -0.15) is 0 Å². The lowest BCUT2D eigenvalue weighted by Crippen LogP contribution is -1.82. The summed E-state index contributed by atoms with van der Waals surface area (Å²) in [5.41, 5.74) is 0.998. The summed E-state index contributed by atoms with van der Waals surface area (Å²) in [6.07, 6.45) is 3.56. The molecule has 0 radical (unpaired) electrons. The Balaban J connectivity index is 2.98. The highest BCUT2D eigenvalue weighted by atomic mass is 16.5. The van der Waals surface area contributed by atoms with Crippen molar-refractivity contribution in [3.8, 4) is 5.88 Å². The van der Waals surface area contributed by atoms with Crippen LogP contribution in [0.4, 0.5) is 0 Å². The van der Waals surface area contributed by atoms with E-state index >= 15 is 0 Å². The van der Waals surface area contributed by atoms with Crippen LogP contribution >= 0.6 is 0 Å². The molecular weight excluding hydrogens is 114 g/mol. The lowest BCUT2D eigenvalue weighted by atomic mass is 10.3. The molecule has 1 heterocycles. The van der Waals surface area contributed by atoms with Crippen molar-refractivity contribution in [1.82, 2.24) is 4.98 Å². The Kier molecular flexibility index (Phi) is 1.58. The molecule has 1 aromatic rings. The first-order valence-electron chi connectivity index (χ1n) is 2.72. The third-order valence-corrected chi connectivity index (χ3v) is 1.16. The maximum Gasteiger partial charge on any atom is 0.197 e. The number of methoxy groups -OCH3 is 1. The third kappa shape index (κ3) is 0.964. The largest absolute Gasteiger partial charge is 0.482 e. The molecule has 0 unspecified atom stereocenters. The average molecular weight is 123 g/mol. The van der Waals surface area contributed by atoms with Gasteiger partial charge in [0.1, 0.15) is 0 Å². The van der Waals surface area contributed by atoms with Crippen molar-refractivity contribution in [2.75, 3.05) is 7.11 Å². The first-order valence-corrected chi connectivity index (χ1v) is 2.72. The molecule has 1 rings (SSSR count). The van der Waals surface area contributed by atoms with Crippen LogP contribution in [0.15, 0.2) is 18.8 Å². The second-order valence-electron chi connectivity index (χ2n) is 1.67. The molecule has 2 nitrogen and oxygen atoms in total. The van der Waals surface area contributed by atoms with Crippen LogP contribution in [0.25, 0.3) is 6.08 Å². The zero-order chi connectivity index (χ0) is 6.69. The Morgan fingerprint density at radius 1 is 1.78 bits per heavy atom. The number of ether oxygens (including phenoxy) is 1. The van der Waals surface area contributed by atoms with Crippen molar-refractivity contribution >= 4 is 6.08 Å². The second-order valence-corrected chi connectivity index (χ2v) is 1.67. The van der Waals surface area contributed by atoms with E-state index in [1.165, 1.54) is 0 Å². The monoisotopic (exact) mass is 123 g/mol. The third-order valence-electron chi connectivity index (χ3n) is 1.16. The predicted molar refractivity (Wildman–Crippen MR) is 37.4 cm³/mol. The van der Waals surface area contributed by atoms with Crippen LogP contribution in [0.2, 0.25) is 0 Å². The summed E-state index contributed by atoms with van der Waals surface area (Å²) in [5.74, 6) is 0.769. The van der Waals surface area contributed by atoms with Gasteiger partial charge < -0.3 is 9.72 Å². The summed E-state index contributed by atoms with van der Waals surface area (Å²) in [7, 11) is 1.62. The van der Waals surface area contributed by atoms with Crippen LogP contribution in [-0.4, -0.2) is 12.1 Å². The number of aromatic amines is 1. The van der Waals surface area contributed by atoms with E-state index in [1.807, 2.05) is 12.3 Å². The van der Waals surface area contributed by atoms with Crippen LogP contribution < -0.4 is 4.74 Å². The highest BCUT2D eigenvalue weighted by molar-refractivity contribution is 5.52. The van der Waals surface area contributed by atoms with E-state index in [4.69, 9.17) is 4.74 Å². The van der Waals surface area contributed by atoms with Crippen molar-refractivity contribution < 1.29 is 4.74 Å². The van der Waals surface area contributed by atoms with Gasteiger partial charge in [0.2, 0.25) is 0 Å². The number of nitrogens with one attached hydrogen (secondary N) is 1. The van der Waals surface area contributed by atoms with Gasteiger partial charge in [0.25, 0.3) is 0 Å². The van der Waals surface area contributed by atoms with E-state index < -0.39 is 0 Å². The molecule has 0 saturated carbocycles. The smallest absolute Gasteiger partial charge is 0.197 e.